The normalized spacial score (nSPS) is 14.3. The lowest BCUT2D eigenvalue weighted by atomic mass is 9.99. The molecular weight excluding hydrogens is 576 g/mol. The Morgan fingerprint density at radius 2 is 1.46 bits per heavy atom. The monoisotopic (exact) mass is 622 g/mol. The van der Waals surface area contributed by atoms with Crippen LogP contribution < -0.4 is 10.1 Å². The number of hydrogen-bond donors (Lipinski definition) is 2. The Bertz CT molecular complexity index is 1460. The molecule has 5 rings (SSSR count). The minimum atomic E-state index is -0.666. The number of pyridine rings is 1. The lowest BCUT2D eigenvalue weighted by Gasteiger charge is -2.35. The molecule has 1 aliphatic rings. The van der Waals surface area contributed by atoms with E-state index in [9.17, 15) is 14.7 Å². The van der Waals surface area contributed by atoms with E-state index in [4.69, 9.17) is 4.74 Å². The van der Waals surface area contributed by atoms with Crippen molar-refractivity contribution >= 4 is 22.7 Å². The van der Waals surface area contributed by atoms with Gasteiger partial charge in [-0.25, -0.2) is 0 Å². The summed E-state index contributed by atoms with van der Waals surface area (Å²) in [5.41, 5.74) is 3.45. The van der Waals surface area contributed by atoms with Crippen molar-refractivity contribution in [2.45, 2.75) is 57.1 Å². The number of ether oxygens (including phenoxy) is 1. The van der Waals surface area contributed by atoms with Gasteiger partial charge in [0.15, 0.2) is 0 Å². The number of aromatic nitrogens is 1. The maximum absolute atomic E-state index is 13.1. The Labute approximate surface area is 272 Å². The molecule has 0 spiro atoms. The van der Waals surface area contributed by atoms with E-state index in [2.05, 4.69) is 63.7 Å². The molecule has 1 unspecified atom stereocenters. The zero-order valence-corrected chi connectivity index (χ0v) is 26.6. The largest absolute Gasteiger partial charge is 0.490 e. The van der Waals surface area contributed by atoms with E-state index in [-0.39, 0.29) is 30.9 Å². The fourth-order valence-corrected chi connectivity index (χ4v) is 6.13. The fourth-order valence-electron chi connectivity index (χ4n) is 6.13. The molecule has 1 atom stereocenters. The van der Waals surface area contributed by atoms with Crippen molar-refractivity contribution in [3.63, 3.8) is 0 Å². The average molecular weight is 623 g/mol. The van der Waals surface area contributed by atoms with E-state index >= 15 is 0 Å². The van der Waals surface area contributed by atoms with Crippen LogP contribution in [0.2, 0.25) is 0 Å². The third-order valence-corrected chi connectivity index (χ3v) is 8.63. The molecule has 1 aliphatic heterocycles. The lowest BCUT2D eigenvalue weighted by molar-refractivity contribution is -0.137. The summed E-state index contributed by atoms with van der Waals surface area (Å²) in [4.78, 5) is 34.3. The molecule has 8 nitrogen and oxygen atoms in total. The number of β-amino-alcohol motifs (C(OH)–C–C–N with tert-alkyl or cyclic N) is 1. The Balaban J connectivity index is 1.03. The highest BCUT2D eigenvalue weighted by atomic mass is 16.5. The third kappa shape index (κ3) is 10.4. The molecule has 8 heteroatoms. The predicted molar refractivity (Wildman–Crippen MR) is 182 cm³/mol. The number of benzene rings is 3. The van der Waals surface area contributed by atoms with Crippen molar-refractivity contribution in [3.05, 3.63) is 108 Å². The van der Waals surface area contributed by atoms with E-state index < -0.39 is 6.10 Å². The highest BCUT2D eigenvalue weighted by Crippen LogP contribution is 2.24. The number of hydrogen-bond acceptors (Lipinski definition) is 6. The van der Waals surface area contributed by atoms with Gasteiger partial charge < -0.3 is 20.1 Å². The number of fused-ring (bicyclic) bond motifs is 1. The molecule has 0 saturated carbocycles. The Morgan fingerprint density at radius 1 is 0.804 bits per heavy atom. The molecule has 4 aromatic rings. The molecule has 2 heterocycles. The number of carbonyl (C=O) groups excluding carboxylic acids is 2. The Morgan fingerprint density at radius 3 is 2.11 bits per heavy atom. The first-order valence-corrected chi connectivity index (χ1v) is 16.6. The predicted octanol–water partition coefficient (Wildman–Crippen LogP) is 5.04. The molecule has 0 radical (unpaired) electrons. The Hall–Kier alpha value is -4.27. The maximum Gasteiger partial charge on any atom is 0.232 e. The molecule has 242 valence electrons. The second-order valence-electron chi connectivity index (χ2n) is 12.2. The summed E-state index contributed by atoms with van der Waals surface area (Å²) in [5, 5.41) is 14.8. The van der Waals surface area contributed by atoms with E-state index in [0.29, 0.717) is 38.5 Å². The van der Waals surface area contributed by atoms with Crippen LogP contribution in [0.15, 0.2) is 97.2 Å². The molecular formula is C38H46N4O4. The van der Waals surface area contributed by atoms with Crippen LogP contribution in [0.25, 0.3) is 10.9 Å². The van der Waals surface area contributed by atoms with Crippen LogP contribution in [0.1, 0.15) is 43.2 Å². The van der Waals surface area contributed by atoms with E-state index in [0.717, 1.165) is 49.4 Å². The van der Waals surface area contributed by atoms with Crippen molar-refractivity contribution in [2.75, 3.05) is 39.3 Å². The summed E-state index contributed by atoms with van der Waals surface area (Å²) in [5.74, 6) is 0.360. The SMILES string of the molecule is O=C(CC(=O)N1CCN(CC(O)COc2cccc3ncccc23)CC1)NC(CCCc1ccccc1)CCCc1ccccc1. The number of rotatable bonds is 16. The smallest absolute Gasteiger partial charge is 0.232 e. The van der Waals surface area contributed by atoms with Crippen LogP contribution in [0, 0.1) is 0 Å². The summed E-state index contributed by atoms with van der Waals surface area (Å²) >= 11 is 0. The van der Waals surface area contributed by atoms with E-state index in [1.807, 2.05) is 42.5 Å². The van der Waals surface area contributed by atoms with Gasteiger partial charge in [-0.05, 0) is 73.9 Å². The van der Waals surface area contributed by atoms with Gasteiger partial charge in [-0.15, -0.1) is 0 Å². The van der Waals surface area contributed by atoms with Crippen molar-refractivity contribution in [1.29, 1.82) is 0 Å². The first-order chi connectivity index (χ1) is 22.5. The third-order valence-electron chi connectivity index (χ3n) is 8.63. The number of nitrogens with one attached hydrogen (secondary N) is 1. The van der Waals surface area contributed by atoms with Gasteiger partial charge >= 0.3 is 0 Å². The summed E-state index contributed by atoms with van der Waals surface area (Å²) < 4.78 is 5.93. The van der Waals surface area contributed by atoms with Gasteiger partial charge in [-0.1, -0.05) is 66.7 Å². The zero-order chi connectivity index (χ0) is 32.0. The minimum absolute atomic E-state index is 0.0402. The number of aliphatic hydroxyl groups is 1. The lowest BCUT2D eigenvalue weighted by Crippen LogP contribution is -2.51. The topological polar surface area (TPSA) is 95.0 Å². The van der Waals surface area contributed by atoms with Crippen LogP contribution in [0.5, 0.6) is 5.75 Å². The average Bonchev–Trinajstić information content (AvgIpc) is 3.08. The Kier molecular flexibility index (Phi) is 12.5. The number of piperazine rings is 1. The summed E-state index contributed by atoms with van der Waals surface area (Å²) in [6, 6.07) is 30.4. The molecule has 2 amide bonds. The van der Waals surface area contributed by atoms with Crippen molar-refractivity contribution < 1.29 is 19.4 Å². The number of nitrogens with zero attached hydrogens (tertiary/aromatic N) is 3. The van der Waals surface area contributed by atoms with Gasteiger partial charge in [0.25, 0.3) is 0 Å². The molecule has 2 N–H and O–H groups in total. The van der Waals surface area contributed by atoms with Crippen LogP contribution in [-0.4, -0.2) is 83.2 Å². The fraction of sp³-hybridized carbons (Fsp3) is 0.395. The number of amides is 2. The summed E-state index contributed by atoms with van der Waals surface area (Å²) in [6.07, 6.45) is 6.60. The summed E-state index contributed by atoms with van der Waals surface area (Å²) in [6.45, 7) is 2.98. The second kappa shape index (κ2) is 17.4. The van der Waals surface area contributed by atoms with Crippen molar-refractivity contribution in [3.8, 4) is 5.75 Å². The molecule has 46 heavy (non-hydrogen) atoms. The molecule has 0 bridgehead atoms. The number of carbonyl (C=O) groups is 2. The van der Waals surface area contributed by atoms with Crippen LogP contribution >= 0.6 is 0 Å². The van der Waals surface area contributed by atoms with Gasteiger partial charge in [0.05, 0.1) is 5.52 Å². The van der Waals surface area contributed by atoms with Crippen LogP contribution in [0.3, 0.4) is 0 Å². The second-order valence-corrected chi connectivity index (χ2v) is 12.2. The standard InChI is InChI=1S/C38H46N4O4/c43-33(29-46-36-21-9-20-35-34(36)19-10-22-39-35)28-41-23-25-42(26-24-41)38(45)27-37(44)40-32(17-7-15-30-11-3-1-4-12-30)18-8-16-31-13-5-2-6-14-31/h1-6,9-14,19-22,32-33,43H,7-8,15-18,23-29H2,(H,40,44). The van der Waals surface area contributed by atoms with Gasteiger partial charge in [-0.2, -0.15) is 0 Å². The first-order valence-electron chi connectivity index (χ1n) is 16.6. The van der Waals surface area contributed by atoms with Crippen LogP contribution in [-0.2, 0) is 22.4 Å². The van der Waals surface area contributed by atoms with Gasteiger partial charge in [-0.3, -0.25) is 19.5 Å². The first kappa shape index (κ1) is 33.1. The summed E-state index contributed by atoms with van der Waals surface area (Å²) in [7, 11) is 0. The highest BCUT2D eigenvalue weighted by Gasteiger charge is 2.25. The zero-order valence-electron chi connectivity index (χ0n) is 26.6. The van der Waals surface area contributed by atoms with Crippen molar-refractivity contribution in [1.82, 2.24) is 20.1 Å². The molecule has 1 saturated heterocycles. The van der Waals surface area contributed by atoms with E-state index in [1.54, 1.807) is 11.1 Å². The minimum Gasteiger partial charge on any atom is -0.490 e. The van der Waals surface area contributed by atoms with Gasteiger partial charge in [0, 0.05) is 50.3 Å². The highest BCUT2D eigenvalue weighted by molar-refractivity contribution is 5.97. The van der Waals surface area contributed by atoms with Gasteiger partial charge in [0.1, 0.15) is 24.9 Å². The number of aryl methyl sites for hydroxylation is 2. The molecule has 1 fully saturated rings. The van der Waals surface area contributed by atoms with E-state index in [1.165, 1.54) is 11.1 Å². The number of aliphatic hydroxyl groups excluding tert-OH is 1. The molecule has 0 aliphatic carbocycles. The molecule has 1 aromatic heterocycles. The van der Waals surface area contributed by atoms with Crippen LogP contribution in [0.4, 0.5) is 0 Å². The quantitative estimate of drug-likeness (QED) is 0.170. The maximum atomic E-state index is 13.1. The molecule has 3 aromatic carbocycles. The van der Waals surface area contributed by atoms with Gasteiger partial charge in [0.2, 0.25) is 11.8 Å². The van der Waals surface area contributed by atoms with Crippen molar-refractivity contribution in [2.24, 2.45) is 0 Å².